The highest BCUT2D eigenvalue weighted by atomic mass is 32.2. The Morgan fingerprint density at radius 2 is 1.71 bits per heavy atom. The molecule has 2 aromatic carbocycles. The normalized spacial score (nSPS) is 17.6. The Morgan fingerprint density at radius 1 is 1.06 bits per heavy atom. The molecule has 0 amide bonds. The molecule has 1 aromatic heterocycles. The Morgan fingerprint density at radius 3 is 2.31 bits per heavy atom. The summed E-state index contributed by atoms with van der Waals surface area (Å²) >= 11 is 0. The average Bonchev–Trinajstić information content (AvgIpc) is 3.06. The standard InChI is InChI=1S/C25H30N2O6S2/c1-17(2)26-22-14-18(23(28)16-25(3)10-12-35(32,33)13-11-25)8-9-21(22)27(24(26)29)19-6-5-7-20(15-19)34(4,30)31/h5-9,14-15,17H,10-13,16H2,1-4H3. The van der Waals surface area contributed by atoms with Crippen molar-refractivity contribution in [2.24, 2.45) is 5.41 Å². The molecule has 1 aliphatic rings. The first-order valence-corrected chi connectivity index (χ1v) is 15.2. The summed E-state index contributed by atoms with van der Waals surface area (Å²) in [6.45, 7) is 5.69. The fourth-order valence-corrected chi connectivity index (χ4v) is 7.16. The van der Waals surface area contributed by atoms with Crippen molar-refractivity contribution in [1.82, 2.24) is 9.13 Å². The van der Waals surface area contributed by atoms with Gasteiger partial charge in [0.25, 0.3) is 0 Å². The summed E-state index contributed by atoms with van der Waals surface area (Å²) in [5, 5.41) is 0. The summed E-state index contributed by atoms with van der Waals surface area (Å²) in [5.41, 5.74) is 1.33. The van der Waals surface area contributed by atoms with Crippen LogP contribution < -0.4 is 5.69 Å². The van der Waals surface area contributed by atoms with E-state index in [-0.39, 0.29) is 45.8 Å². The molecule has 3 aromatic rings. The SMILES string of the molecule is CC(C)n1c(=O)n(-c2cccc(S(C)(=O)=O)c2)c2ccc(C(=O)CC3(C)CCS(=O)(=O)CC3)cc21. The van der Waals surface area contributed by atoms with E-state index in [0.29, 0.717) is 35.1 Å². The number of hydrogen-bond acceptors (Lipinski definition) is 6. The second-order valence-electron chi connectivity index (χ2n) is 10.1. The summed E-state index contributed by atoms with van der Waals surface area (Å²) in [4.78, 5) is 26.8. The van der Waals surface area contributed by atoms with Gasteiger partial charge in [-0.25, -0.2) is 21.6 Å². The molecule has 1 fully saturated rings. The van der Waals surface area contributed by atoms with E-state index in [4.69, 9.17) is 0 Å². The van der Waals surface area contributed by atoms with Crippen LogP contribution in [0.2, 0.25) is 0 Å². The summed E-state index contributed by atoms with van der Waals surface area (Å²) in [5.74, 6) is 0.0965. The van der Waals surface area contributed by atoms with Crippen LogP contribution in [0.3, 0.4) is 0 Å². The summed E-state index contributed by atoms with van der Waals surface area (Å²) < 4.78 is 50.8. The zero-order valence-electron chi connectivity index (χ0n) is 20.3. The minimum absolute atomic E-state index is 0.0942. The molecule has 0 spiro atoms. The van der Waals surface area contributed by atoms with Gasteiger partial charge in [0.15, 0.2) is 15.6 Å². The summed E-state index contributed by atoms with van der Waals surface area (Å²) in [6.07, 6.45) is 2.25. The van der Waals surface area contributed by atoms with Gasteiger partial charge < -0.3 is 0 Å². The minimum Gasteiger partial charge on any atom is -0.294 e. The zero-order chi connectivity index (χ0) is 25.8. The third-order valence-electron chi connectivity index (χ3n) is 6.84. The lowest BCUT2D eigenvalue weighted by Crippen LogP contribution is -2.33. The Balaban J connectivity index is 1.78. The third-order valence-corrected chi connectivity index (χ3v) is 9.60. The number of nitrogens with zero attached hydrogens (tertiary/aromatic N) is 2. The summed E-state index contributed by atoms with van der Waals surface area (Å²) in [7, 11) is -6.49. The molecule has 0 N–H and O–H groups in total. The van der Waals surface area contributed by atoms with Crippen molar-refractivity contribution in [2.75, 3.05) is 17.8 Å². The fraction of sp³-hybridized carbons (Fsp3) is 0.440. The van der Waals surface area contributed by atoms with Gasteiger partial charge in [-0.15, -0.1) is 0 Å². The lowest BCUT2D eigenvalue weighted by Gasteiger charge is -2.32. The van der Waals surface area contributed by atoms with Gasteiger partial charge in [0, 0.05) is 24.3 Å². The van der Waals surface area contributed by atoms with E-state index >= 15 is 0 Å². The largest absolute Gasteiger partial charge is 0.333 e. The molecule has 10 heteroatoms. The van der Waals surface area contributed by atoms with Crippen LogP contribution >= 0.6 is 0 Å². The van der Waals surface area contributed by atoms with Crippen molar-refractivity contribution in [3.63, 3.8) is 0 Å². The molecule has 2 heterocycles. The van der Waals surface area contributed by atoms with Crippen LogP contribution in [0.5, 0.6) is 0 Å². The number of carbonyl (C=O) groups excluding carboxylic acids is 1. The van der Waals surface area contributed by atoms with Crippen LogP contribution in [0.25, 0.3) is 16.7 Å². The Hall–Kier alpha value is -2.72. The Labute approximate surface area is 205 Å². The first-order chi connectivity index (χ1) is 16.2. The predicted octanol–water partition coefficient (Wildman–Crippen LogP) is 3.56. The van der Waals surface area contributed by atoms with E-state index in [1.807, 2.05) is 20.8 Å². The van der Waals surface area contributed by atoms with E-state index in [2.05, 4.69) is 0 Å². The second-order valence-corrected chi connectivity index (χ2v) is 14.4. The number of aromatic nitrogens is 2. The van der Waals surface area contributed by atoms with Crippen molar-refractivity contribution in [3.8, 4) is 5.69 Å². The maximum Gasteiger partial charge on any atom is 0.333 e. The number of Topliss-reactive ketones (excluding diaryl/α,β-unsaturated/α-hetero) is 1. The first-order valence-electron chi connectivity index (χ1n) is 11.5. The van der Waals surface area contributed by atoms with Crippen LogP contribution in [0, 0.1) is 5.41 Å². The number of benzene rings is 2. The van der Waals surface area contributed by atoms with E-state index in [9.17, 15) is 26.4 Å². The van der Waals surface area contributed by atoms with Crippen LogP contribution in [0.15, 0.2) is 52.2 Å². The number of imidazole rings is 1. The number of sulfone groups is 2. The maximum absolute atomic E-state index is 13.4. The molecule has 0 aliphatic carbocycles. The molecule has 0 bridgehead atoms. The van der Waals surface area contributed by atoms with Gasteiger partial charge in [0.2, 0.25) is 0 Å². The highest BCUT2D eigenvalue weighted by molar-refractivity contribution is 7.91. The monoisotopic (exact) mass is 518 g/mol. The maximum atomic E-state index is 13.4. The second kappa shape index (κ2) is 8.74. The summed E-state index contributed by atoms with van der Waals surface area (Å²) in [6, 6.07) is 11.1. The Kier molecular flexibility index (Phi) is 6.34. The van der Waals surface area contributed by atoms with Gasteiger partial charge >= 0.3 is 5.69 Å². The van der Waals surface area contributed by atoms with Crippen molar-refractivity contribution in [1.29, 1.82) is 0 Å². The number of fused-ring (bicyclic) bond motifs is 1. The molecule has 4 rings (SSSR count). The number of ketones is 1. The quantitative estimate of drug-likeness (QED) is 0.461. The average molecular weight is 519 g/mol. The van der Waals surface area contributed by atoms with Gasteiger partial charge in [-0.2, -0.15) is 0 Å². The van der Waals surface area contributed by atoms with Crippen LogP contribution in [-0.4, -0.2) is 49.5 Å². The lowest BCUT2D eigenvalue weighted by molar-refractivity contribution is 0.0911. The smallest absolute Gasteiger partial charge is 0.294 e. The van der Waals surface area contributed by atoms with E-state index in [0.717, 1.165) is 6.26 Å². The fourth-order valence-electron chi connectivity index (χ4n) is 4.69. The van der Waals surface area contributed by atoms with Gasteiger partial charge in [0.1, 0.15) is 9.84 Å². The predicted molar refractivity (Wildman–Crippen MR) is 136 cm³/mol. The number of carbonyl (C=O) groups is 1. The third kappa shape index (κ3) is 4.99. The molecule has 1 saturated heterocycles. The van der Waals surface area contributed by atoms with Crippen LogP contribution in [0.1, 0.15) is 56.4 Å². The first kappa shape index (κ1) is 25.4. The highest BCUT2D eigenvalue weighted by Gasteiger charge is 2.35. The van der Waals surface area contributed by atoms with Crippen molar-refractivity contribution in [2.45, 2.75) is 51.0 Å². The van der Waals surface area contributed by atoms with E-state index in [1.165, 1.54) is 16.7 Å². The lowest BCUT2D eigenvalue weighted by atomic mass is 9.78. The van der Waals surface area contributed by atoms with Gasteiger partial charge in [-0.05, 0) is 68.5 Å². The van der Waals surface area contributed by atoms with Crippen molar-refractivity contribution >= 4 is 36.5 Å². The van der Waals surface area contributed by atoms with Crippen molar-refractivity contribution in [3.05, 3.63) is 58.5 Å². The highest BCUT2D eigenvalue weighted by Crippen LogP contribution is 2.37. The molecule has 8 nitrogen and oxygen atoms in total. The molecule has 35 heavy (non-hydrogen) atoms. The zero-order valence-corrected chi connectivity index (χ0v) is 21.9. The topological polar surface area (TPSA) is 112 Å². The van der Waals surface area contributed by atoms with Crippen molar-refractivity contribution < 1.29 is 21.6 Å². The van der Waals surface area contributed by atoms with E-state index in [1.54, 1.807) is 34.9 Å². The minimum atomic E-state index is -3.46. The molecule has 1 aliphatic heterocycles. The van der Waals surface area contributed by atoms with E-state index < -0.39 is 19.7 Å². The molecule has 0 unspecified atom stereocenters. The molecular formula is C25H30N2O6S2. The molecule has 0 atom stereocenters. The Bertz CT molecular complexity index is 1580. The molecular weight excluding hydrogens is 488 g/mol. The number of hydrogen-bond donors (Lipinski definition) is 0. The van der Waals surface area contributed by atoms with Crippen LogP contribution in [0.4, 0.5) is 0 Å². The molecule has 0 radical (unpaired) electrons. The van der Waals surface area contributed by atoms with Gasteiger partial charge in [-0.1, -0.05) is 13.0 Å². The van der Waals surface area contributed by atoms with Crippen LogP contribution in [-0.2, 0) is 19.7 Å². The van der Waals surface area contributed by atoms with Gasteiger partial charge in [-0.3, -0.25) is 13.9 Å². The number of rotatable bonds is 6. The molecule has 0 saturated carbocycles. The van der Waals surface area contributed by atoms with Gasteiger partial charge in [0.05, 0.1) is 33.1 Å². The molecule has 188 valence electrons.